The largest absolute Gasteiger partial charge is 0.476 e. The highest BCUT2D eigenvalue weighted by Crippen LogP contribution is 2.10. The molecule has 0 spiro atoms. The molecule has 4 nitrogen and oxygen atoms in total. The molecule has 0 fully saturated rings. The SMILES string of the molecule is O=C(O)c1nc(C=CCCO)cs1. The van der Waals surface area contributed by atoms with Crippen LogP contribution in [-0.2, 0) is 0 Å². The van der Waals surface area contributed by atoms with Crippen molar-refractivity contribution in [2.24, 2.45) is 0 Å². The van der Waals surface area contributed by atoms with Crippen molar-refractivity contribution < 1.29 is 15.0 Å². The Morgan fingerprint density at radius 2 is 2.46 bits per heavy atom. The van der Waals surface area contributed by atoms with Crippen LogP contribution in [0.4, 0.5) is 0 Å². The molecule has 0 aliphatic rings. The molecule has 0 saturated heterocycles. The first-order chi connectivity index (χ1) is 6.24. The van der Waals surface area contributed by atoms with E-state index in [0.29, 0.717) is 12.1 Å². The minimum atomic E-state index is -1.01. The Morgan fingerprint density at radius 1 is 1.69 bits per heavy atom. The standard InChI is InChI=1S/C8H9NO3S/c10-4-2-1-3-6-5-13-7(9-6)8(11)12/h1,3,5,10H,2,4H2,(H,11,12). The summed E-state index contributed by atoms with van der Waals surface area (Å²) in [7, 11) is 0. The van der Waals surface area contributed by atoms with E-state index in [4.69, 9.17) is 10.2 Å². The summed E-state index contributed by atoms with van der Waals surface area (Å²) in [6.45, 7) is 0.0897. The zero-order valence-corrected chi connectivity index (χ0v) is 7.62. The van der Waals surface area contributed by atoms with Crippen LogP contribution in [0.2, 0.25) is 0 Å². The van der Waals surface area contributed by atoms with Gasteiger partial charge in [0.2, 0.25) is 5.01 Å². The molecule has 0 amide bonds. The first-order valence-corrected chi connectivity index (χ1v) is 4.58. The molecular formula is C8H9NO3S. The first kappa shape index (κ1) is 9.88. The minimum Gasteiger partial charge on any atom is -0.476 e. The number of carbonyl (C=O) groups is 1. The lowest BCUT2D eigenvalue weighted by Gasteiger charge is -1.84. The molecule has 2 N–H and O–H groups in total. The van der Waals surface area contributed by atoms with Crippen LogP contribution < -0.4 is 0 Å². The molecule has 70 valence electrons. The van der Waals surface area contributed by atoms with Crippen LogP contribution in [0.1, 0.15) is 21.9 Å². The lowest BCUT2D eigenvalue weighted by Crippen LogP contribution is -1.93. The lowest BCUT2D eigenvalue weighted by atomic mass is 10.3. The molecule has 0 radical (unpaired) electrons. The zero-order chi connectivity index (χ0) is 9.68. The maximum atomic E-state index is 10.4. The van der Waals surface area contributed by atoms with E-state index in [2.05, 4.69) is 4.98 Å². The molecule has 1 aromatic heterocycles. The fraction of sp³-hybridized carbons (Fsp3) is 0.250. The average molecular weight is 199 g/mol. The van der Waals surface area contributed by atoms with Gasteiger partial charge in [0, 0.05) is 12.0 Å². The summed E-state index contributed by atoms with van der Waals surface area (Å²) >= 11 is 1.09. The molecule has 5 heteroatoms. The van der Waals surface area contributed by atoms with Crippen molar-refractivity contribution in [1.82, 2.24) is 4.98 Å². The van der Waals surface area contributed by atoms with Crippen molar-refractivity contribution >= 4 is 23.4 Å². The Hall–Kier alpha value is -1.20. The van der Waals surface area contributed by atoms with E-state index in [9.17, 15) is 4.79 Å². The highest BCUT2D eigenvalue weighted by atomic mass is 32.1. The number of rotatable bonds is 4. The quantitative estimate of drug-likeness (QED) is 0.765. The number of aromatic carboxylic acids is 1. The number of aliphatic hydroxyl groups excluding tert-OH is 1. The van der Waals surface area contributed by atoms with E-state index < -0.39 is 5.97 Å². The molecule has 1 aromatic rings. The van der Waals surface area contributed by atoms with Crippen LogP contribution in [0.5, 0.6) is 0 Å². The molecule has 0 unspecified atom stereocenters. The van der Waals surface area contributed by atoms with Crippen molar-refractivity contribution in [3.63, 3.8) is 0 Å². The molecule has 0 aromatic carbocycles. The normalized spacial score (nSPS) is 10.8. The monoisotopic (exact) mass is 199 g/mol. The highest BCUT2D eigenvalue weighted by Gasteiger charge is 2.06. The number of nitrogens with zero attached hydrogens (tertiary/aromatic N) is 1. The average Bonchev–Trinajstić information content (AvgIpc) is 2.53. The topological polar surface area (TPSA) is 70.4 Å². The molecule has 0 aliphatic heterocycles. The van der Waals surface area contributed by atoms with Gasteiger partial charge in [-0.25, -0.2) is 9.78 Å². The third-order valence-electron chi connectivity index (χ3n) is 1.29. The number of aromatic nitrogens is 1. The van der Waals surface area contributed by atoms with E-state index in [1.807, 2.05) is 0 Å². The summed E-state index contributed by atoms with van der Waals surface area (Å²) in [4.78, 5) is 14.3. The second-order valence-corrected chi connectivity index (χ2v) is 3.16. The van der Waals surface area contributed by atoms with Gasteiger partial charge in [0.15, 0.2) is 0 Å². The van der Waals surface area contributed by atoms with Gasteiger partial charge in [-0.2, -0.15) is 0 Å². The second kappa shape index (κ2) is 4.74. The van der Waals surface area contributed by atoms with Crippen molar-refractivity contribution in [1.29, 1.82) is 0 Å². The van der Waals surface area contributed by atoms with Crippen LogP contribution in [-0.4, -0.2) is 27.8 Å². The predicted molar refractivity (Wildman–Crippen MR) is 49.8 cm³/mol. The molecule has 13 heavy (non-hydrogen) atoms. The molecule has 0 aliphatic carbocycles. The number of aliphatic hydroxyl groups is 1. The third-order valence-corrected chi connectivity index (χ3v) is 2.14. The Morgan fingerprint density at radius 3 is 3.00 bits per heavy atom. The number of thiazole rings is 1. The first-order valence-electron chi connectivity index (χ1n) is 3.70. The third kappa shape index (κ3) is 2.96. The smallest absolute Gasteiger partial charge is 0.365 e. The molecule has 0 saturated carbocycles. The Labute approximate surface area is 79.2 Å². The van der Waals surface area contributed by atoms with Gasteiger partial charge in [0.05, 0.1) is 5.69 Å². The van der Waals surface area contributed by atoms with Crippen LogP contribution >= 0.6 is 11.3 Å². The van der Waals surface area contributed by atoms with Crippen molar-refractivity contribution in [3.8, 4) is 0 Å². The van der Waals surface area contributed by atoms with E-state index in [-0.39, 0.29) is 11.6 Å². The van der Waals surface area contributed by atoms with Gasteiger partial charge in [0.25, 0.3) is 0 Å². The Kier molecular flexibility index (Phi) is 3.60. The molecule has 1 heterocycles. The van der Waals surface area contributed by atoms with Gasteiger partial charge >= 0.3 is 5.97 Å². The van der Waals surface area contributed by atoms with Gasteiger partial charge in [-0.1, -0.05) is 6.08 Å². The van der Waals surface area contributed by atoms with Gasteiger partial charge in [-0.05, 0) is 12.5 Å². The van der Waals surface area contributed by atoms with Gasteiger partial charge in [-0.15, -0.1) is 11.3 Å². The van der Waals surface area contributed by atoms with Crippen LogP contribution in [0.25, 0.3) is 6.08 Å². The number of hydrogen-bond acceptors (Lipinski definition) is 4. The minimum absolute atomic E-state index is 0.0867. The summed E-state index contributed by atoms with van der Waals surface area (Å²) in [5.41, 5.74) is 0.621. The van der Waals surface area contributed by atoms with Crippen molar-refractivity contribution in [3.05, 3.63) is 22.2 Å². The predicted octanol–water partition coefficient (Wildman–Crippen LogP) is 1.24. The van der Waals surface area contributed by atoms with Gasteiger partial charge in [0.1, 0.15) is 0 Å². The number of hydrogen-bond donors (Lipinski definition) is 2. The molecule has 1 rings (SSSR count). The second-order valence-electron chi connectivity index (χ2n) is 2.30. The number of carboxylic acid groups (broad SMARTS) is 1. The number of carboxylic acids is 1. The molecule has 0 atom stereocenters. The van der Waals surface area contributed by atoms with E-state index in [1.54, 1.807) is 17.5 Å². The Balaban J connectivity index is 2.64. The van der Waals surface area contributed by atoms with Crippen LogP contribution in [0.15, 0.2) is 11.5 Å². The lowest BCUT2D eigenvalue weighted by molar-refractivity contribution is 0.0696. The molecular weight excluding hydrogens is 190 g/mol. The van der Waals surface area contributed by atoms with Gasteiger partial charge in [-0.3, -0.25) is 0 Å². The zero-order valence-electron chi connectivity index (χ0n) is 6.80. The summed E-state index contributed by atoms with van der Waals surface area (Å²) in [5.74, 6) is -1.01. The summed E-state index contributed by atoms with van der Waals surface area (Å²) in [5, 5.41) is 18.8. The maximum absolute atomic E-state index is 10.4. The van der Waals surface area contributed by atoms with E-state index >= 15 is 0 Å². The summed E-state index contributed by atoms with van der Waals surface area (Å²) < 4.78 is 0. The van der Waals surface area contributed by atoms with Gasteiger partial charge < -0.3 is 10.2 Å². The van der Waals surface area contributed by atoms with Crippen molar-refractivity contribution in [2.75, 3.05) is 6.61 Å². The summed E-state index contributed by atoms with van der Waals surface area (Å²) in [6.07, 6.45) is 4.00. The van der Waals surface area contributed by atoms with E-state index in [1.165, 1.54) is 0 Å². The molecule has 0 bridgehead atoms. The Bertz CT molecular complexity index is 319. The van der Waals surface area contributed by atoms with Crippen molar-refractivity contribution in [2.45, 2.75) is 6.42 Å². The fourth-order valence-electron chi connectivity index (χ4n) is 0.740. The maximum Gasteiger partial charge on any atom is 0.365 e. The van der Waals surface area contributed by atoms with Crippen LogP contribution in [0, 0.1) is 0 Å². The highest BCUT2D eigenvalue weighted by molar-refractivity contribution is 7.11. The van der Waals surface area contributed by atoms with Crippen LogP contribution in [0.3, 0.4) is 0 Å². The fourth-order valence-corrected chi connectivity index (χ4v) is 1.36. The van der Waals surface area contributed by atoms with E-state index in [0.717, 1.165) is 11.3 Å². The summed E-state index contributed by atoms with van der Waals surface area (Å²) in [6, 6.07) is 0.